The summed E-state index contributed by atoms with van der Waals surface area (Å²) < 4.78 is 38.7. The fourth-order valence-corrected chi connectivity index (χ4v) is 2.63. The van der Waals surface area contributed by atoms with Crippen molar-refractivity contribution in [3.63, 3.8) is 0 Å². The SMILES string of the molecule is CC(Nc1ccnc(Nc2cc(C(F)(F)F)ccc2Cl)n1)c1ccccc1. The summed E-state index contributed by atoms with van der Waals surface area (Å²) in [6, 6.07) is 14.5. The second kappa shape index (κ2) is 7.84. The summed E-state index contributed by atoms with van der Waals surface area (Å²) in [4.78, 5) is 8.34. The third kappa shape index (κ3) is 4.89. The van der Waals surface area contributed by atoms with Gasteiger partial charge in [0.1, 0.15) is 5.82 Å². The summed E-state index contributed by atoms with van der Waals surface area (Å²) in [6.07, 6.45) is -2.95. The molecule has 0 saturated heterocycles. The number of alkyl halides is 3. The summed E-state index contributed by atoms with van der Waals surface area (Å²) in [5.74, 6) is 0.674. The maximum Gasteiger partial charge on any atom is 0.416 e. The van der Waals surface area contributed by atoms with E-state index >= 15 is 0 Å². The van der Waals surface area contributed by atoms with E-state index in [-0.39, 0.29) is 22.7 Å². The number of nitrogens with one attached hydrogen (secondary N) is 2. The van der Waals surface area contributed by atoms with Crippen molar-refractivity contribution in [3.05, 3.63) is 76.9 Å². The smallest absolute Gasteiger partial charge is 0.363 e. The minimum absolute atomic E-state index is 0.00825. The molecule has 3 rings (SSSR count). The van der Waals surface area contributed by atoms with Crippen LogP contribution in [0.1, 0.15) is 24.1 Å². The van der Waals surface area contributed by atoms with Gasteiger partial charge in [-0.3, -0.25) is 0 Å². The summed E-state index contributed by atoms with van der Waals surface area (Å²) in [7, 11) is 0. The highest BCUT2D eigenvalue weighted by atomic mass is 35.5. The molecule has 0 aliphatic heterocycles. The van der Waals surface area contributed by atoms with Crippen LogP contribution < -0.4 is 10.6 Å². The van der Waals surface area contributed by atoms with Crippen LogP contribution in [0, 0.1) is 0 Å². The molecule has 0 bridgehead atoms. The van der Waals surface area contributed by atoms with E-state index in [0.29, 0.717) is 5.82 Å². The van der Waals surface area contributed by atoms with Gasteiger partial charge in [-0.2, -0.15) is 18.2 Å². The van der Waals surface area contributed by atoms with Crippen LogP contribution in [0.2, 0.25) is 5.02 Å². The summed E-state index contributed by atoms with van der Waals surface area (Å²) in [5.41, 5.74) is 0.354. The first-order chi connectivity index (χ1) is 12.8. The van der Waals surface area contributed by atoms with E-state index < -0.39 is 11.7 Å². The maximum atomic E-state index is 12.9. The van der Waals surface area contributed by atoms with Crippen molar-refractivity contribution in [3.8, 4) is 0 Å². The molecule has 1 unspecified atom stereocenters. The van der Waals surface area contributed by atoms with Crippen LogP contribution in [0.15, 0.2) is 60.8 Å². The molecule has 2 N–H and O–H groups in total. The second-order valence-corrected chi connectivity index (χ2v) is 6.27. The van der Waals surface area contributed by atoms with Crippen LogP contribution in [-0.2, 0) is 6.18 Å². The van der Waals surface area contributed by atoms with Crippen LogP contribution in [0.4, 0.5) is 30.6 Å². The standard InChI is InChI=1S/C19H16ClF3N4/c1-12(13-5-3-2-4-6-13)25-17-9-10-24-18(27-17)26-16-11-14(19(21,22)23)7-8-15(16)20/h2-12H,1H3,(H2,24,25,26,27). The van der Waals surface area contributed by atoms with Gasteiger partial charge in [-0.15, -0.1) is 0 Å². The third-order valence-corrected chi connectivity index (χ3v) is 4.19. The molecular weight excluding hydrogens is 377 g/mol. The van der Waals surface area contributed by atoms with Crippen LogP contribution >= 0.6 is 11.6 Å². The van der Waals surface area contributed by atoms with Gasteiger partial charge in [0.25, 0.3) is 0 Å². The van der Waals surface area contributed by atoms with Crippen LogP contribution in [0.25, 0.3) is 0 Å². The molecule has 0 radical (unpaired) electrons. The van der Waals surface area contributed by atoms with Gasteiger partial charge in [-0.1, -0.05) is 41.9 Å². The van der Waals surface area contributed by atoms with E-state index in [2.05, 4.69) is 20.6 Å². The molecule has 0 spiro atoms. The average molecular weight is 393 g/mol. The normalized spacial score (nSPS) is 12.5. The number of halogens is 4. The molecule has 3 aromatic rings. The van der Waals surface area contributed by atoms with Crippen molar-refractivity contribution < 1.29 is 13.2 Å². The highest BCUT2D eigenvalue weighted by Crippen LogP contribution is 2.34. The number of aromatic nitrogens is 2. The van der Waals surface area contributed by atoms with Crippen molar-refractivity contribution in [2.45, 2.75) is 19.1 Å². The molecule has 0 amide bonds. The quantitative estimate of drug-likeness (QED) is 0.553. The van der Waals surface area contributed by atoms with Gasteiger partial charge >= 0.3 is 6.18 Å². The molecule has 1 aromatic heterocycles. The van der Waals surface area contributed by atoms with E-state index in [4.69, 9.17) is 11.6 Å². The second-order valence-electron chi connectivity index (χ2n) is 5.86. The first kappa shape index (κ1) is 19.0. The number of hydrogen-bond acceptors (Lipinski definition) is 4. The Kier molecular flexibility index (Phi) is 5.51. The average Bonchev–Trinajstić information content (AvgIpc) is 2.63. The Balaban J connectivity index is 1.78. The Hall–Kier alpha value is -2.80. The predicted molar refractivity (Wildman–Crippen MR) is 100 cm³/mol. The van der Waals surface area contributed by atoms with E-state index in [9.17, 15) is 13.2 Å². The highest BCUT2D eigenvalue weighted by Gasteiger charge is 2.31. The molecule has 0 aliphatic rings. The molecular formula is C19H16ClF3N4. The highest BCUT2D eigenvalue weighted by molar-refractivity contribution is 6.33. The largest absolute Gasteiger partial charge is 0.416 e. The van der Waals surface area contributed by atoms with E-state index in [0.717, 1.165) is 17.7 Å². The van der Waals surface area contributed by atoms with Gasteiger partial charge in [-0.25, -0.2) is 4.98 Å². The molecule has 140 valence electrons. The molecule has 0 fully saturated rings. The number of hydrogen-bond donors (Lipinski definition) is 2. The lowest BCUT2D eigenvalue weighted by atomic mass is 10.1. The van der Waals surface area contributed by atoms with Gasteiger partial charge in [0.15, 0.2) is 0 Å². The van der Waals surface area contributed by atoms with Crippen molar-refractivity contribution >= 4 is 29.1 Å². The molecule has 0 saturated carbocycles. The summed E-state index contributed by atoms with van der Waals surface area (Å²) in [5, 5.41) is 6.12. The van der Waals surface area contributed by atoms with E-state index in [1.807, 2.05) is 37.3 Å². The molecule has 2 aromatic carbocycles. The third-order valence-electron chi connectivity index (χ3n) is 3.86. The van der Waals surface area contributed by atoms with E-state index in [1.54, 1.807) is 6.07 Å². The number of nitrogens with zero attached hydrogens (tertiary/aromatic N) is 2. The molecule has 0 aliphatic carbocycles. The monoisotopic (exact) mass is 392 g/mol. The number of rotatable bonds is 5. The summed E-state index contributed by atoms with van der Waals surface area (Å²) >= 11 is 6.00. The van der Waals surface area contributed by atoms with Crippen molar-refractivity contribution in [2.24, 2.45) is 0 Å². The van der Waals surface area contributed by atoms with Crippen LogP contribution in [0.3, 0.4) is 0 Å². The Bertz CT molecular complexity index is 916. The Labute approximate surface area is 159 Å². The zero-order valence-corrected chi connectivity index (χ0v) is 15.0. The Morgan fingerprint density at radius 2 is 1.78 bits per heavy atom. The minimum atomic E-state index is -4.46. The lowest BCUT2D eigenvalue weighted by Crippen LogP contribution is -2.09. The predicted octanol–water partition coefficient (Wildman–Crippen LogP) is 6.07. The van der Waals surface area contributed by atoms with Crippen LogP contribution in [0.5, 0.6) is 0 Å². The topological polar surface area (TPSA) is 49.8 Å². The molecule has 1 heterocycles. The Morgan fingerprint density at radius 3 is 2.48 bits per heavy atom. The lowest BCUT2D eigenvalue weighted by molar-refractivity contribution is -0.137. The van der Waals surface area contributed by atoms with Gasteiger partial charge in [-0.05, 0) is 36.8 Å². The number of anilines is 3. The fraction of sp³-hybridized carbons (Fsp3) is 0.158. The summed E-state index contributed by atoms with van der Waals surface area (Å²) in [6.45, 7) is 1.98. The first-order valence-corrected chi connectivity index (χ1v) is 8.49. The minimum Gasteiger partial charge on any atom is -0.363 e. The van der Waals surface area contributed by atoms with Crippen molar-refractivity contribution in [2.75, 3.05) is 10.6 Å². The molecule has 4 nitrogen and oxygen atoms in total. The maximum absolute atomic E-state index is 12.9. The fourth-order valence-electron chi connectivity index (χ4n) is 2.46. The zero-order valence-electron chi connectivity index (χ0n) is 14.3. The van der Waals surface area contributed by atoms with Crippen molar-refractivity contribution in [1.82, 2.24) is 9.97 Å². The first-order valence-electron chi connectivity index (χ1n) is 8.11. The van der Waals surface area contributed by atoms with E-state index in [1.165, 1.54) is 12.3 Å². The van der Waals surface area contributed by atoms with Gasteiger partial charge in [0, 0.05) is 12.2 Å². The van der Waals surface area contributed by atoms with Crippen molar-refractivity contribution in [1.29, 1.82) is 0 Å². The van der Waals surface area contributed by atoms with Gasteiger partial charge in [0.2, 0.25) is 5.95 Å². The van der Waals surface area contributed by atoms with Gasteiger partial charge < -0.3 is 10.6 Å². The molecule has 8 heteroatoms. The molecule has 1 atom stereocenters. The molecule has 27 heavy (non-hydrogen) atoms. The number of benzene rings is 2. The zero-order chi connectivity index (χ0) is 19.4. The lowest BCUT2D eigenvalue weighted by Gasteiger charge is -2.16. The Morgan fingerprint density at radius 1 is 1.04 bits per heavy atom. The van der Waals surface area contributed by atoms with Gasteiger partial charge in [0.05, 0.1) is 16.3 Å². The van der Waals surface area contributed by atoms with Crippen LogP contribution in [-0.4, -0.2) is 9.97 Å².